The Bertz CT molecular complexity index is 865. The van der Waals surface area contributed by atoms with Gasteiger partial charge in [-0.3, -0.25) is 0 Å². The number of rotatable bonds is 4. The minimum absolute atomic E-state index is 0.305. The van der Waals surface area contributed by atoms with Gasteiger partial charge in [-0.2, -0.15) is 0 Å². The smallest absolute Gasteiger partial charge is 0.192 e. The van der Waals surface area contributed by atoms with Crippen LogP contribution in [0.2, 0.25) is 0 Å². The van der Waals surface area contributed by atoms with Crippen molar-refractivity contribution in [2.24, 2.45) is 0 Å². The van der Waals surface area contributed by atoms with Crippen LogP contribution in [0.15, 0.2) is 53.7 Å². The molecule has 0 amide bonds. The van der Waals surface area contributed by atoms with Gasteiger partial charge in [-0.05, 0) is 42.0 Å². The third-order valence-electron chi connectivity index (χ3n) is 5.00. The summed E-state index contributed by atoms with van der Waals surface area (Å²) in [6.07, 6.45) is 2.52. The van der Waals surface area contributed by atoms with E-state index in [1.807, 2.05) is 11.8 Å². The molecule has 0 unspecified atom stereocenters. The molecule has 5 rings (SSSR count). The van der Waals surface area contributed by atoms with E-state index in [2.05, 4.69) is 70.2 Å². The predicted molar refractivity (Wildman–Crippen MR) is 97.2 cm³/mol. The van der Waals surface area contributed by atoms with Crippen LogP contribution in [0.5, 0.6) is 0 Å². The van der Waals surface area contributed by atoms with Crippen molar-refractivity contribution < 1.29 is 0 Å². The van der Waals surface area contributed by atoms with E-state index in [1.165, 1.54) is 40.9 Å². The van der Waals surface area contributed by atoms with Crippen LogP contribution in [0.3, 0.4) is 0 Å². The van der Waals surface area contributed by atoms with Gasteiger partial charge in [0, 0.05) is 12.5 Å². The molecule has 1 saturated carbocycles. The fourth-order valence-corrected chi connectivity index (χ4v) is 4.98. The van der Waals surface area contributed by atoms with Gasteiger partial charge >= 0.3 is 0 Å². The van der Waals surface area contributed by atoms with Crippen LogP contribution in [0.25, 0.3) is 11.1 Å². The van der Waals surface area contributed by atoms with Gasteiger partial charge < -0.3 is 4.57 Å². The Labute approximate surface area is 146 Å². The van der Waals surface area contributed by atoms with E-state index in [0.717, 1.165) is 11.7 Å². The van der Waals surface area contributed by atoms with E-state index in [9.17, 15) is 0 Å². The first-order valence-electron chi connectivity index (χ1n) is 8.64. The molecule has 0 radical (unpaired) electrons. The first-order chi connectivity index (χ1) is 11.9. The zero-order valence-corrected chi connectivity index (χ0v) is 14.5. The maximum absolute atomic E-state index is 4.53. The van der Waals surface area contributed by atoms with Crippen molar-refractivity contribution in [3.8, 4) is 11.1 Å². The summed E-state index contributed by atoms with van der Waals surface area (Å²) >= 11 is 1.84. The van der Waals surface area contributed by atoms with Gasteiger partial charge in [0.1, 0.15) is 5.82 Å². The SMILES string of the molecule is CCn1c(SC2c3ccccc3-c3ccccc32)nnc1C1CC1. The largest absolute Gasteiger partial charge is 0.306 e. The minimum Gasteiger partial charge on any atom is -0.306 e. The van der Waals surface area contributed by atoms with Crippen LogP contribution < -0.4 is 0 Å². The van der Waals surface area contributed by atoms with Crippen LogP contribution in [0.1, 0.15) is 47.9 Å². The summed E-state index contributed by atoms with van der Waals surface area (Å²) in [5, 5.41) is 10.4. The molecule has 1 heterocycles. The number of thioether (sulfide) groups is 1. The van der Waals surface area contributed by atoms with Gasteiger partial charge in [0.2, 0.25) is 0 Å². The molecule has 24 heavy (non-hydrogen) atoms. The van der Waals surface area contributed by atoms with E-state index in [4.69, 9.17) is 0 Å². The molecule has 2 aliphatic carbocycles. The Morgan fingerprint density at radius 3 is 2.17 bits per heavy atom. The third kappa shape index (κ3) is 2.13. The molecule has 1 aromatic heterocycles. The van der Waals surface area contributed by atoms with Crippen molar-refractivity contribution in [1.29, 1.82) is 0 Å². The Morgan fingerprint density at radius 2 is 1.58 bits per heavy atom. The summed E-state index contributed by atoms with van der Waals surface area (Å²) in [4.78, 5) is 0. The van der Waals surface area contributed by atoms with E-state index in [0.29, 0.717) is 11.2 Å². The molecule has 3 nitrogen and oxygen atoms in total. The van der Waals surface area contributed by atoms with E-state index in [1.54, 1.807) is 0 Å². The molecule has 0 bridgehead atoms. The van der Waals surface area contributed by atoms with E-state index in [-0.39, 0.29) is 0 Å². The number of hydrogen-bond acceptors (Lipinski definition) is 3. The lowest BCUT2D eigenvalue weighted by molar-refractivity contribution is 0.643. The number of nitrogens with zero attached hydrogens (tertiary/aromatic N) is 3. The molecule has 4 heteroatoms. The average molecular weight is 333 g/mol. The molecular formula is C20H19N3S. The molecule has 2 aromatic carbocycles. The molecule has 0 N–H and O–H groups in total. The van der Waals surface area contributed by atoms with Crippen molar-refractivity contribution in [2.75, 3.05) is 0 Å². The van der Waals surface area contributed by atoms with Crippen LogP contribution in [0, 0.1) is 0 Å². The maximum Gasteiger partial charge on any atom is 0.192 e. The lowest BCUT2D eigenvalue weighted by atomic mass is 10.1. The second kappa shape index (κ2) is 5.49. The average Bonchev–Trinajstić information content (AvgIpc) is 3.32. The topological polar surface area (TPSA) is 30.7 Å². The molecule has 0 saturated heterocycles. The molecule has 0 aliphatic heterocycles. The highest BCUT2D eigenvalue weighted by Crippen LogP contribution is 2.52. The van der Waals surface area contributed by atoms with Crippen molar-refractivity contribution >= 4 is 11.8 Å². The number of fused-ring (bicyclic) bond motifs is 3. The summed E-state index contributed by atoms with van der Waals surface area (Å²) in [6, 6.07) is 17.5. The van der Waals surface area contributed by atoms with Crippen LogP contribution in [-0.4, -0.2) is 14.8 Å². The first-order valence-corrected chi connectivity index (χ1v) is 9.52. The normalized spacial score (nSPS) is 16.2. The van der Waals surface area contributed by atoms with Gasteiger partial charge in [0.25, 0.3) is 0 Å². The van der Waals surface area contributed by atoms with Gasteiger partial charge in [0.15, 0.2) is 5.16 Å². The number of aromatic nitrogens is 3. The van der Waals surface area contributed by atoms with Gasteiger partial charge in [0.05, 0.1) is 5.25 Å². The molecule has 120 valence electrons. The molecule has 0 spiro atoms. The van der Waals surface area contributed by atoms with E-state index >= 15 is 0 Å². The van der Waals surface area contributed by atoms with Crippen molar-refractivity contribution in [3.05, 3.63) is 65.5 Å². The second-order valence-corrected chi connectivity index (χ2v) is 7.60. The number of benzene rings is 2. The third-order valence-corrected chi connectivity index (χ3v) is 6.26. The van der Waals surface area contributed by atoms with Crippen LogP contribution in [-0.2, 0) is 6.54 Å². The molecule has 1 fully saturated rings. The summed E-state index contributed by atoms with van der Waals surface area (Å²) in [5.41, 5.74) is 5.50. The van der Waals surface area contributed by atoms with Crippen molar-refractivity contribution in [2.45, 2.75) is 42.6 Å². The Morgan fingerprint density at radius 1 is 0.958 bits per heavy atom. The van der Waals surface area contributed by atoms with Crippen molar-refractivity contribution in [3.63, 3.8) is 0 Å². The Balaban J connectivity index is 1.58. The highest BCUT2D eigenvalue weighted by atomic mass is 32.2. The summed E-state index contributed by atoms with van der Waals surface area (Å²) in [6.45, 7) is 3.13. The second-order valence-electron chi connectivity index (χ2n) is 6.53. The molecule has 0 atom stereocenters. The Kier molecular flexibility index (Phi) is 3.27. The minimum atomic E-state index is 0.305. The van der Waals surface area contributed by atoms with Crippen molar-refractivity contribution in [1.82, 2.24) is 14.8 Å². The van der Waals surface area contributed by atoms with E-state index < -0.39 is 0 Å². The quantitative estimate of drug-likeness (QED) is 0.670. The summed E-state index contributed by atoms with van der Waals surface area (Å²) in [7, 11) is 0. The Hall–Kier alpha value is -2.07. The monoisotopic (exact) mass is 333 g/mol. The predicted octanol–water partition coefficient (Wildman–Crippen LogP) is 5.04. The summed E-state index contributed by atoms with van der Waals surface area (Å²) < 4.78 is 2.31. The lowest BCUT2D eigenvalue weighted by Gasteiger charge is -2.13. The fraction of sp³-hybridized carbons (Fsp3) is 0.300. The maximum atomic E-state index is 4.53. The zero-order valence-electron chi connectivity index (χ0n) is 13.6. The number of hydrogen-bond donors (Lipinski definition) is 0. The van der Waals surface area contributed by atoms with Gasteiger partial charge in [-0.25, -0.2) is 0 Å². The fourth-order valence-electron chi connectivity index (χ4n) is 3.67. The molecular weight excluding hydrogens is 314 g/mol. The van der Waals surface area contributed by atoms with Crippen LogP contribution >= 0.6 is 11.8 Å². The van der Waals surface area contributed by atoms with Crippen LogP contribution in [0.4, 0.5) is 0 Å². The summed E-state index contributed by atoms with van der Waals surface area (Å²) in [5.74, 6) is 1.81. The standard InChI is InChI=1S/C20H19N3S/c1-2-23-19(13-11-12-13)21-22-20(23)24-18-16-9-5-3-7-14(16)15-8-4-6-10-17(15)18/h3-10,13,18H,2,11-12H2,1H3. The lowest BCUT2D eigenvalue weighted by Crippen LogP contribution is -2.03. The van der Waals surface area contributed by atoms with Gasteiger partial charge in [-0.1, -0.05) is 60.3 Å². The molecule has 2 aliphatic rings. The zero-order chi connectivity index (χ0) is 16.1. The van der Waals surface area contributed by atoms with Gasteiger partial charge in [-0.15, -0.1) is 10.2 Å². The highest BCUT2D eigenvalue weighted by Gasteiger charge is 2.33. The first kappa shape index (κ1) is 14.3. The highest BCUT2D eigenvalue weighted by molar-refractivity contribution is 7.99. The molecule has 3 aromatic rings.